The van der Waals surface area contributed by atoms with Crippen molar-refractivity contribution >= 4 is 17.4 Å². The van der Waals surface area contributed by atoms with E-state index in [4.69, 9.17) is 9.47 Å². The van der Waals surface area contributed by atoms with Crippen LogP contribution >= 0.6 is 0 Å². The van der Waals surface area contributed by atoms with Gasteiger partial charge in [-0.05, 0) is 48.4 Å². The maximum absolute atomic E-state index is 13.7. The number of likely N-dealkylation sites (tertiary alicyclic amines) is 1. The van der Waals surface area contributed by atoms with Crippen LogP contribution in [0.1, 0.15) is 31.4 Å². The number of para-hydroxylation sites is 1. The van der Waals surface area contributed by atoms with E-state index < -0.39 is 0 Å². The van der Waals surface area contributed by atoms with Gasteiger partial charge in [-0.2, -0.15) is 0 Å². The molecule has 2 atom stereocenters. The number of piperidine rings is 1. The molecule has 2 amide bonds. The summed E-state index contributed by atoms with van der Waals surface area (Å²) in [5, 5.41) is 0. The van der Waals surface area contributed by atoms with Crippen LogP contribution < -0.4 is 9.47 Å². The van der Waals surface area contributed by atoms with Crippen LogP contribution in [0, 0.1) is 11.8 Å². The lowest BCUT2D eigenvalue weighted by atomic mass is 9.91. The molecule has 6 heteroatoms. The second-order valence-corrected chi connectivity index (χ2v) is 9.13. The minimum absolute atomic E-state index is 0.212. The summed E-state index contributed by atoms with van der Waals surface area (Å²) >= 11 is 0. The largest absolute Gasteiger partial charge is 0.497 e. The number of ether oxygens (including phenoxy) is 2. The van der Waals surface area contributed by atoms with Gasteiger partial charge in [-0.15, -0.1) is 0 Å². The number of nitrogens with zero attached hydrogens (tertiary/aromatic N) is 2. The smallest absolute Gasteiger partial charge is 0.277 e. The van der Waals surface area contributed by atoms with E-state index in [0.717, 1.165) is 30.8 Å². The highest BCUT2D eigenvalue weighted by Gasteiger charge is 2.43. The van der Waals surface area contributed by atoms with E-state index >= 15 is 0 Å². The van der Waals surface area contributed by atoms with Crippen LogP contribution in [0.15, 0.2) is 54.2 Å². The normalized spacial score (nSPS) is 21.1. The number of imide groups is 1. The molecule has 1 fully saturated rings. The molecule has 0 radical (unpaired) electrons. The van der Waals surface area contributed by atoms with E-state index in [0.29, 0.717) is 47.4 Å². The highest BCUT2D eigenvalue weighted by atomic mass is 16.5. The zero-order valence-corrected chi connectivity index (χ0v) is 19.8. The molecule has 2 aromatic rings. The van der Waals surface area contributed by atoms with Gasteiger partial charge in [-0.25, -0.2) is 0 Å². The minimum Gasteiger partial charge on any atom is -0.497 e. The summed E-state index contributed by atoms with van der Waals surface area (Å²) < 4.78 is 10.8. The molecule has 6 nitrogen and oxygen atoms in total. The molecular formula is C27H32N2O4. The maximum atomic E-state index is 13.7. The fourth-order valence-corrected chi connectivity index (χ4v) is 5.03. The van der Waals surface area contributed by atoms with Crippen molar-refractivity contribution in [3.05, 3.63) is 65.4 Å². The van der Waals surface area contributed by atoms with Crippen molar-refractivity contribution in [1.82, 2.24) is 9.80 Å². The third kappa shape index (κ3) is 4.61. The summed E-state index contributed by atoms with van der Waals surface area (Å²) in [5.41, 5.74) is 2.68. The summed E-state index contributed by atoms with van der Waals surface area (Å²) in [5.74, 6) is 1.83. The summed E-state index contributed by atoms with van der Waals surface area (Å²) in [6.45, 7) is 6.27. The number of hydrogen-bond donors (Lipinski definition) is 0. The zero-order valence-electron chi connectivity index (χ0n) is 19.8. The number of amides is 2. The summed E-state index contributed by atoms with van der Waals surface area (Å²) in [6.07, 6.45) is 1.71. The number of carbonyl (C=O) groups excluding carboxylic acids is 2. The molecule has 174 valence electrons. The van der Waals surface area contributed by atoms with E-state index in [1.54, 1.807) is 14.2 Å². The molecule has 0 saturated carbocycles. The van der Waals surface area contributed by atoms with Crippen LogP contribution in [-0.4, -0.2) is 55.5 Å². The van der Waals surface area contributed by atoms with Crippen LogP contribution in [0.25, 0.3) is 5.57 Å². The van der Waals surface area contributed by atoms with E-state index in [9.17, 15) is 9.59 Å². The van der Waals surface area contributed by atoms with Gasteiger partial charge in [0, 0.05) is 25.2 Å². The van der Waals surface area contributed by atoms with Gasteiger partial charge in [0.1, 0.15) is 17.2 Å². The molecule has 0 N–H and O–H groups in total. The van der Waals surface area contributed by atoms with Crippen molar-refractivity contribution in [3.8, 4) is 11.5 Å². The maximum Gasteiger partial charge on any atom is 0.277 e. The lowest BCUT2D eigenvalue weighted by Crippen LogP contribution is -2.42. The van der Waals surface area contributed by atoms with Gasteiger partial charge in [-0.3, -0.25) is 14.5 Å². The number of benzene rings is 2. The highest BCUT2D eigenvalue weighted by Crippen LogP contribution is 2.38. The van der Waals surface area contributed by atoms with E-state index in [1.165, 1.54) is 4.90 Å². The van der Waals surface area contributed by atoms with Crippen molar-refractivity contribution in [2.24, 2.45) is 11.8 Å². The lowest BCUT2D eigenvalue weighted by molar-refractivity contribution is -0.137. The van der Waals surface area contributed by atoms with Gasteiger partial charge in [0.05, 0.1) is 19.8 Å². The van der Waals surface area contributed by atoms with Crippen LogP contribution in [0.5, 0.6) is 11.5 Å². The second kappa shape index (κ2) is 9.69. The Morgan fingerprint density at radius 2 is 1.55 bits per heavy atom. The lowest BCUT2D eigenvalue weighted by Gasteiger charge is -2.37. The Morgan fingerprint density at radius 1 is 0.879 bits per heavy atom. The minimum atomic E-state index is -0.251. The third-order valence-corrected chi connectivity index (χ3v) is 6.49. The molecule has 1 saturated heterocycles. The quantitative estimate of drug-likeness (QED) is 0.599. The number of hydrogen-bond acceptors (Lipinski definition) is 5. The summed E-state index contributed by atoms with van der Waals surface area (Å²) in [7, 11) is 3.22. The molecule has 2 aliphatic rings. The van der Waals surface area contributed by atoms with Crippen molar-refractivity contribution in [2.75, 3.05) is 33.9 Å². The molecule has 2 unspecified atom stereocenters. The average molecular weight is 449 g/mol. The molecule has 33 heavy (non-hydrogen) atoms. The second-order valence-electron chi connectivity index (χ2n) is 9.13. The van der Waals surface area contributed by atoms with Crippen molar-refractivity contribution < 1.29 is 19.1 Å². The first kappa shape index (κ1) is 22.9. The van der Waals surface area contributed by atoms with Gasteiger partial charge >= 0.3 is 0 Å². The van der Waals surface area contributed by atoms with Gasteiger partial charge < -0.3 is 14.4 Å². The monoisotopic (exact) mass is 448 g/mol. The molecular weight excluding hydrogens is 416 g/mol. The zero-order chi connectivity index (χ0) is 23.5. The predicted molar refractivity (Wildman–Crippen MR) is 128 cm³/mol. The fraction of sp³-hybridized carbons (Fsp3) is 0.407. The predicted octanol–water partition coefficient (Wildman–Crippen LogP) is 4.00. The molecule has 2 aromatic carbocycles. The molecule has 0 spiro atoms. The highest BCUT2D eigenvalue weighted by molar-refractivity contribution is 6.36. The molecule has 2 aliphatic heterocycles. The first-order chi connectivity index (χ1) is 15.9. The van der Waals surface area contributed by atoms with Crippen LogP contribution in [-0.2, 0) is 16.0 Å². The SMILES string of the molecule is COc1ccc(CCN2C(=O)C(c3ccccc3OC)=C(N3CC(C)CC(C)C3)C2=O)cc1. The van der Waals surface area contributed by atoms with Gasteiger partial charge in [0.2, 0.25) is 0 Å². The molecule has 2 heterocycles. The number of rotatable bonds is 7. The first-order valence-corrected chi connectivity index (χ1v) is 11.5. The van der Waals surface area contributed by atoms with Crippen molar-refractivity contribution in [1.29, 1.82) is 0 Å². The van der Waals surface area contributed by atoms with Crippen LogP contribution in [0.2, 0.25) is 0 Å². The molecule has 0 aliphatic carbocycles. The standard InChI is InChI=1S/C27H32N2O4/c1-18-15-19(2)17-28(16-18)25-24(22-7-5-6-8-23(22)33-4)26(30)29(27(25)31)14-13-20-9-11-21(32-3)12-10-20/h5-12,18-19H,13-17H2,1-4H3. The Hall–Kier alpha value is -3.28. The van der Waals surface area contributed by atoms with E-state index in [1.807, 2.05) is 48.5 Å². The molecule has 4 rings (SSSR count). The first-order valence-electron chi connectivity index (χ1n) is 11.5. The molecule has 0 bridgehead atoms. The summed E-state index contributed by atoms with van der Waals surface area (Å²) in [4.78, 5) is 30.9. The fourth-order valence-electron chi connectivity index (χ4n) is 5.03. The average Bonchev–Trinajstić information content (AvgIpc) is 3.06. The number of carbonyl (C=O) groups is 2. The van der Waals surface area contributed by atoms with E-state index in [-0.39, 0.29) is 11.8 Å². The van der Waals surface area contributed by atoms with Crippen molar-refractivity contribution in [3.63, 3.8) is 0 Å². The topological polar surface area (TPSA) is 59.1 Å². The van der Waals surface area contributed by atoms with Crippen LogP contribution in [0.4, 0.5) is 0 Å². The van der Waals surface area contributed by atoms with Crippen LogP contribution in [0.3, 0.4) is 0 Å². The Bertz CT molecular complexity index is 1050. The van der Waals surface area contributed by atoms with Gasteiger partial charge in [0.15, 0.2) is 0 Å². The van der Waals surface area contributed by atoms with E-state index in [2.05, 4.69) is 18.7 Å². The Kier molecular flexibility index (Phi) is 6.72. The Labute approximate surface area is 195 Å². The third-order valence-electron chi connectivity index (χ3n) is 6.49. The van der Waals surface area contributed by atoms with Crippen molar-refractivity contribution in [2.45, 2.75) is 26.7 Å². The molecule has 0 aromatic heterocycles. The Balaban J connectivity index is 1.67. The summed E-state index contributed by atoms with van der Waals surface area (Å²) in [6, 6.07) is 15.2. The van der Waals surface area contributed by atoms with Gasteiger partial charge in [-0.1, -0.05) is 44.2 Å². The van der Waals surface area contributed by atoms with Gasteiger partial charge in [0.25, 0.3) is 11.8 Å². The Morgan fingerprint density at radius 3 is 2.18 bits per heavy atom. The number of methoxy groups -OCH3 is 2.